The fourth-order valence-electron chi connectivity index (χ4n) is 2.06. The first-order valence-electron chi connectivity index (χ1n) is 5.98. The lowest BCUT2D eigenvalue weighted by Gasteiger charge is -1.97. The quantitative estimate of drug-likeness (QED) is 0.708. The third-order valence-corrected chi connectivity index (χ3v) is 3.06. The Balaban J connectivity index is 2.16. The van der Waals surface area contributed by atoms with Gasteiger partial charge in [-0.15, -0.1) is 0 Å². The van der Waals surface area contributed by atoms with Gasteiger partial charge in [0.2, 0.25) is 11.5 Å². The van der Waals surface area contributed by atoms with Crippen LogP contribution in [0.4, 0.5) is 0 Å². The van der Waals surface area contributed by atoms with Gasteiger partial charge in [0, 0.05) is 5.56 Å². The van der Waals surface area contributed by atoms with E-state index in [-0.39, 0.29) is 17.3 Å². The molecule has 19 heavy (non-hydrogen) atoms. The molecule has 3 rings (SSSR count). The average Bonchev–Trinajstić information content (AvgIpc) is 2.75. The topological polar surface area (TPSA) is 50.4 Å². The molecule has 0 bridgehead atoms. The first-order valence-corrected chi connectivity index (χ1v) is 5.98. The number of rotatable bonds is 2. The van der Waals surface area contributed by atoms with E-state index in [1.807, 2.05) is 19.1 Å². The third-order valence-electron chi connectivity index (χ3n) is 3.06. The molecule has 1 N–H and O–H groups in total. The zero-order valence-corrected chi connectivity index (χ0v) is 10.4. The highest BCUT2D eigenvalue weighted by molar-refractivity contribution is 6.11. The van der Waals surface area contributed by atoms with Crippen LogP contribution in [0.5, 0.6) is 5.75 Å². The lowest BCUT2D eigenvalue weighted by molar-refractivity contribution is 0.101. The minimum Gasteiger partial charge on any atom is -0.504 e. The number of hydrogen-bond donors (Lipinski definition) is 1. The van der Waals surface area contributed by atoms with Crippen molar-refractivity contribution >= 4 is 16.8 Å². The number of ketones is 1. The molecular weight excluding hydrogens is 240 g/mol. The fourth-order valence-corrected chi connectivity index (χ4v) is 2.06. The molecule has 3 aromatic rings. The van der Waals surface area contributed by atoms with E-state index in [2.05, 4.69) is 0 Å². The van der Waals surface area contributed by atoms with Crippen molar-refractivity contribution in [1.82, 2.24) is 0 Å². The first-order chi connectivity index (χ1) is 9.16. The van der Waals surface area contributed by atoms with Crippen LogP contribution < -0.4 is 0 Å². The van der Waals surface area contributed by atoms with Crippen LogP contribution in [0.25, 0.3) is 11.0 Å². The Hall–Kier alpha value is -2.55. The van der Waals surface area contributed by atoms with E-state index in [9.17, 15) is 9.90 Å². The minimum absolute atomic E-state index is 0.00759. The third kappa shape index (κ3) is 1.89. The Morgan fingerprint density at radius 3 is 2.58 bits per heavy atom. The van der Waals surface area contributed by atoms with Crippen LogP contribution >= 0.6 is 0 Å². The summed E-state index contributed by atoms with van der Waals surface area (Å²) in [5.74, 6) is -0.414. The average molecular weight is 252 g/mol. The first kappa shape index (κ1) is 11.5. The molecule has 2 aromatic carbocycles. The second-order valence-corrected chi connectivity index (χ2v) is 4.47. The minimum atomic E-state index is -0.313. The molecule has 1 aromatic heterocycles. The van der Waals surface area contributed by atoms with Crippen LogP contribution in [-0.2, 0) is 0 Å². The van der Waals surface area contributed by atoms with Gasteiger partial charge in [-0.25, -0.2) is 0 Å². The van der Waals surface area contributed by atoms with Gasteiger partial charge in [0.05, 0.1) is 5.39 Å². The van der Waals surface area contributed by atoms with E-state index in [1.165, 1.54) is 0 Å². The SMILES string of the molecule is Cc1ccc2c(O)c(C(=O)c3ccccc3)oc2c1. The second kappa shape index (κ2) is 4.28. The zero-order valence-electron chi connectivity index (χ0n) is 10.4. The lowest BCUT2D eigenvalue weighted by Crippen LogP contribution is -1.99. The molecule has 94 valence electrons. The van der Waals surface area contributed by atoms with Gasteiger partial charge in [0.15, 0.2) is 5.75 Å². The van der Waals surface area contributed by atoms with Gasteiger partial charge < -0.3 is 9.52 Å². The molecule has 0 saturated carbocycles. The Morgan fingerprint density at radius 1 is 1.11 bits per heavy atom. The molecule has 0 aliphatic carbocycles. The van der Waals surface area contributed by atoms with E-state index in [4.69, 9.17) is 4.42 Å². The van der Waals surface area contributed by atoms with Crippen molar-refractivity contribution in [1.29, 1.82) is 0 Å². The summed E-state index contributed by atoms with van der Waals surface area (Å²) in [7, 11) is 0. The molecule has 0 atom stereocenters. The molecular formula is C16H12O3. The molecule has 3 heteroatoms. The maximum Gasteiger partial charge on any atom is 0.232 e. The Morgan fingerprint density at radius 2 is 1.84 bits per heavy atom. The summed E-state index contributed by atoms with van der Waals surface area (Å²) < 4.78 is 5.50. The van der Waals surface area contributed by atoms with Gasteiger partial charge in [0.25, 0.3) is 0 Å². The van der Waals surface area contributed by atoms with Crippen molar-refractivity contribution < 1.29 is 14.3 Å². The summed E-state index contributed by atoms with van der Waals surface area (Å²) in [5.41, 5.74) is 2.03. The van der Waals surface area contributed by atoms with Crippen molar-refractivity contribution in [3.05, 3.63) is 65.4 Å². The van der Waals surface area contributed by atoms with Crippen LogP contribution in [-0.4, -0.2) is 10.9 Å². The zero-order chi connectivity index (χ0) is 13.4. The van der Waals surface area contributed by atoms with E-state index in [0.29, 0.717) is 16.5 Å². The molecule has 1 heterocycles. The number of aromatic hydroxyl groups is 1. The van der Waals surface area contributed by atoms with E-state index < -0.39 is 0 Å². The van der Waals surface area contributed by atoms with Gasteiger partial charge in [-0.05, 0) is 24.6 Å². The standard InChI is InChI=1S/C16H12O3/c1-10-7-8-12-13(9-10)19-16(15(12)18)14(17)11-5-3-2-4-6-11/h2-9,18H,1H3. The van der Waals surface area contributed by atoms with Crippen LogP contribution in [0.1, 0.15) is 21.7 Å². The summed E-state index contributed by atoms with van der Waals surface area (Å²) in [6, 6.07) is 14.2. The smallest absolute Gasteiger partial charge is 0.232 e. The Labute approximate surface area is 110 Å². The number of benzene rings is 2. The predicted octanol–water partition coefficient (Wildman–Crippen LogP) is 3.68. The summed E-state index contributed by atoms with van der Waals surface area (Å²) in [4.78, 5) is 12.3. The van der Waals surface area contributed by atoms with Gasteiger partial charge in [0.1, 0.15) is 5.58 Å². The Kier molecular flexibility index (Phi) is 2.60. The van der Waals surface area contributed by atoms with Crippen molar-refractivity contribution in [3.8, 4) is 5.75 Å². The van der Waals surface area contributed by atoms with Crippen LogP contribution in [0, 0.1) is 6.92 Å². The highest BCUT2D eigenvalue weighted by Gasteiger charge is 2.21. The number of fused-ring (bicyclic) bond motifs is 1. The predicted molar refractivity (Wildman–Crippen MR) is 72.5 cm³/mol. The van der Waals surface area contributed by atoms with Crippen LogP contribution in [0.3, 0.4) is 0 Å². The van der Waals surface area contributed by atoms with Crippen molar-refractivity contribution in [2.24, 2.45) is 0 Å². The monoisotopic (exact) mass is 252 g/mol. The van der Waals surface area contributed by atoms with Gasteiger partial charge in [-0.1, -0.05) is 36.4 Å². The fraction of sp³-hybridized carbons (Fsp3) is 0.0625. The van der Waals surface area contributed by atoms with E-state index >= 15 is 0 Å². The van der Waals surface area contributed by atoms with Crippen molar-refractivity contribution in [2.45, 2.75) is 6.92 Å². The molecule has 0 saturated heterocycles. The van der Waals surface area contributed by atoms with Crippen LogP contribution in [0.15, 0.2) is 52.9 Å². The summed E-state index contributed by atoms with van der Waals surface area (Å²) in [6.45, 7) is 1.93. The van der Waals surface area contributed by atoms with Crippen LogP contribution in [0.2, 0.25) is 0 Å². The van der Waals surface area contributed by atoms with E-state index in [0.717, 1.165) is 5.56 Å². The van der Waals surface area contributed by atoms with Gasteiger partial charge in [-0.2, -0.15) is 0 Å². The van der Waals surface area contributed by atoms with Gasteiger partial charge in [-0.3, -0.25) is 4.79 Å². The molecule has 0 spiro atoms. The summed E-state index contributed by atoms with van der Waals surface area (Å²) >= 11 is 0. The molecule has 0 aliphatic heterocycles. The second-order valence-electron chi connectivity index (χ2n) is 4.47. The molecule has 0 unspecified atom stereocenters. The normalized spacial score (nSPS) is 10.8. The lowest BCUT2D eigenvalue weighted by atomic mass is 10.1. The number of aryl methyl sites for hydroxylation is 1. The van der Waals surface area contributed by atoms with E-state index in [1.54, 1.807) is 36.4 Å². The number of hydrogen-bond acceptors (Lipinski definition) is 3. The largest absolute Gasteiger partial charge is 0.504 e. The maximum absolute atomic E-state index is 12.3. The molecule has 0 fully saturated rings. The molecule has 0 aliphatic rings. The summed E-state index contributed by atoms with van der Waals surface area (Å²) in [5, 5.41) is 10.7. The van der Waals surface area contributed by atoms with Crippen molar-refractivity contribution in [2.75, 3.05) is 0 Å². The highest BCUT2D eigenvalue weighted by atomic mass is 16.4. The number of furan rings is 1. The Bertz CT molecular complexity index is 754. The molecule has 0 amide bonds. The number of carbonyl (C=O) groups excluding carboxylic acids is 1. The highest BCUT2D eigenvalue weighted by Crippen LogP contribution is 2.33. The van der Waals surface area contributed by atoms with Crippen molar-refractivity contribution in [3.63, 3.8) is 0 Å². The van der Waals surface area contributed by atoms with Gasteiger partial charge >= 0.3 is 0 Å². The maximum atomic E-state index is 12.3. The molecule has 0 radical (unpaired) electrons. The number of carbonyl (C=O) groups is 1. The molecule has 3 nitrogen and oxygen atoms in total. The summed E-state index contributed by atoms with van der Waals surface area (Å²) in [6.07, 6.45) is 0.